The molecule has 2 aromatic heterocycles. The van der Waals surface area contributed by atoms with Gasteiger partial charge in [0.1, 0.15) is 0 Å². The van der Waals surface area contributed by atoms with Crippen molar-refractivity contribution in [3.63, 3.8) is 0 Å². The summed E-state index contributed by atoms with van der Waals surface area (Å²) in [7, 11) is 0. The minimum atomic E-state index is -0.260. The molecule has 0 aliphatic carbocycles. The van der Waals surface area contributed by atoms with Gasteiger partial charge in [0.05, 0.1) is 11.1 Å². The van der Waals surface area contributed by atoms with Gasteiger partial charge < -0.3 is 10.2 Å². The highest BCUT2D eigenvalue weighted by atomic mass is 16.2. The van der Waals surface area contributed by atoms with Gasteiger partial charge in [-0.25, -0.2) is 0 Å². The number of carbonyl (C=O) groups excluding carboxylic acids is 2. The Morgan fingerprint density at radius 1 is 1.12 bits per heavy atom. The molecule has 25 heavy (non-hydrogen) atoms. The van der Waals surface area contributed by atoms with E-state index in [1.54, 1.807) is 36.9 Å². The van der Waals surface area contributed by atoms with Crippen molar-refractivity contribution in [2.75, 3.05) is 13.1 Å². The van der Waals surface area contributed by atoms with E-state index >= 15 is 0 Å². The predicted octanol–water partition coefficient (Wildman–Crippen LogP) is 1.76. The number of nitrogens with one attached hydrogen (secondary N) is 1. The minimum Gasteiger partial charge on any atom is -0.350 e. The molecule has 2 fully saturated rings. The number of aromatic nitrogens is 2. The monoisotopic (exact) mass is 336 g/mol. The molecule has 6 nitrogen and oxygen atoms in total. The van der Waals surface area contributed by atoms with E-state index in [2.05, 4.69) is 15.3 Å². The van der Waals surface area contributed by atoms with E-state index in [0.29, 0.717) is 25.1 Å². The second-order valence-corrected chi connectivity index (χ2v) is 6.78. The fourth-order valence-corrected chi connectivity index (χ4v) is 4.08. The van der Waals surface area contributed by atoms with Crippen LogP contribution in [0.4, 0.5) is 0 Å². The topological polar surface area (TPSA) is 75.2 Å². The lowest BCUT2D eigenvalue weighted by Crippen LogP contribution is -2.54. The molecule has 1 unspecified atom stereocenters. The van der Waals surface area contributed by atoms with Crippen molar-refractivity contribution in [2.45, 2.75) is 30.7 Å². The Morgan fingerprint density at radius 2 is 1.88 bits per heavy atom. The maximum Gasteiger partial charge on any atom is 0.255 e. The van der Waals surface area contributed by atoms with Crippen molar-refractivity contribution in [1.29, 1.82) is 0 Å². The van der Waals surface area contributed by atoms with Crippen LogP contribution in [-0.4, -0.2) is 45.3 Å². The van der Waals surface area contributed by atoms with Gasteiger partial charge in [0, 0.05) is 50.2 Å². The summed E-state index contributed by atoms with van der Waals surface area (Å²) in [5, 5.41) is 3.21. The second-order valence-electron chi connectivity index (χ2n) is 6.78. The van der Waals surface area contributed by atoms with Crippen molar-refractivity contribution in [3.8, 4) is 0 Å². The normalized spacial score (nSPS) is 22.0. The number of hydrogen-bond acceptors (Lipinski definition) is 4. The molecule has 2 aliphatic rings. The van der Waals surface area contributed by atoms with Gasteiger partial charge in [-0.05, 0) is 42.7 Å². The first-order valence-corrected chi connectivity index (χ1v) is 8.58. The highest BCUT2D eigenvalue weighted by Gasteiger charge is 2.49. The zero-order valence-corrected chi connectivity index (χ0v) is 13.9. The van der Waals surface area contributed by atoms with Gasteiger partial charge in [0.25, 0.3) is 5.91 Å². The van der Waals surface area contributed by atoms with Crippen LogP contribution in [0.2, 0.25) is 0 Å². The molecule has 6 heteroatoms. The summed E-state index contributed by atoms with van der Waals surface area (Å²) in [4.78, 5) is 34.7. The molecule has 0 aromatic carbocycles. The fraction of sp³-hybridized carbons (Fsp3) is 0.368. The Balaban J connectivity index is 1.51. The van der Waals surface area contributed by atoms with Crippen LogP contribution in [0.25, 0.3) is 0 Å². The first kappa shape index (κ1) is 15.7. The van der Waals surface area contributed by atoms with Crippen molar-refractivity contribution in [2.24, 2.45) is 0 Å². The molecular weight excluding hydrogens is 316 g/mol. The molecule has 1 atom stereocenters. The molecule has 128 valence electrons. The summed E-state index contributed by atoms with van der Waals surface area (Å²) >= 11 is 0. The standard InChI is InChI=1S/C19H20N4O2/c24-17-12-16(14-3-8-20-9-4-14)19(22-17)5-10-23(11-6-19)18(25)15-2-1-7-21-13-15/h1-4,7-9,13,16H,5-6,10-12H2,(H,22,24). The molecule has 0 radical (unpaired) electrons. The van der Waals surface area contributed by atoms with Gasteiger partial charge in [-0.2, -0.15) is 0 Å². The van der Waals surface area contributed by atoms with E-state index in [9.17, 15) is 9.59 Å². The third kappa shape index (κ3) is 2.88. The maximum atomic E-state index is 12.6. The van der Waals surface area contributed by atoms with E-state index < -0.39 is 0 Å². The maximum absolute atomic E-state index is 12.6. The van der Waals surface area contributed by atoms with Gasteiger partial charge in [-0.15, -0.1) is 0 Å². The predicted molar refractivity (Wildman–Crippen MR) is 91.8 cm³/mol. The number of nitrogens with zero attached hydrogens (tertiary/aromatic N) is 3. The van der Waals surface area contributed by atoms with Crippen LogP contribution in [-0.2, 0) is 4.79 Å². The number of amides is 2. The Kier molecular flexibility index (Phi) is 3.95. The molecular formula is C19H20N4O2. The van der Waals surface area contributed by atoms with Crippen molar-refractivity contribution in [1.82, 2.24) is 20.2 Å². The Bertz CT molecular complexity index is 771. The molecule has 4 heterocycles. The first-order valence-electron chi connectivity index (χ1n) is 8.58. The van der Waals surface area contributed by atoms with E-state index in [1.807, 2.05) is 17.0 Å². The SMILES string of the molecule is O=C1CC(c2ccncc2)C2(CCN(C(=O)c3cccnc3)CC2)N1. The smallest absolute Gasteiger partial charge is 0.255 e. The van der Waals surface area contributed by atoms with Crippen molar-refractivity contribution in [3.05, 3.63) is 60.2 Å². The number of rotatable bonds is 2. The molecule has 2 aromatic rings. The quantitative estimate of drug-likeness (QED) is 0.907. The highest BCUT2D eigenvalue weighted by Crippen LogP contribution is 2.43. The first-order chi connectivity index (χ1) is 12.2. The van der Waals surface area contributed by atoms with Gasteiger partial charge in [-0.1, -0.05) is 0 Å². The number of carbonyl (C=O) groups is 2. The summed E-state index contributed by atoms with van der Waals surface area (Å²) in [5.74, 6) is 0.236. The molecule has 1 N–H and O–H groups in total. The zero-order chi connectivity index (χ0) is 17.3. The van der Waals surface area contributed by atoms with Crippen molar-refractivity contribution < 1.29 is 9.59 Å². The number of piperidine rings is 1. The fourth-order valence-electron chi connectivity index (χ4n) is 4.08. The van der Waals surface area contributed by atoms with Crippen LogP contribution < -0.4 is 5.32 Å². The Labute approximate surface area is 146 Å². The average molecular weight is 336 g/mol. The third-order valence-corrected chi connectivity index (χ3v) is 5.40. The lowest BCUT2D eigenvalue weighted by atomic mass is 9.74. The van der Waals surface area contributed by atoms with E-state index in [1.165, 1.54) is 0 Å². The van der Waals surface area contributed by atoms with E-state index in [-0.39, 0.29) is 23.3 Å². The van der Waals surface area contributed by atoms with Crippen LogP contribution in [0.15, 0.2) is 49.1 Å². The molecule has 1 spiro atoms. The molecule has 2 aliphatic heterocycles. The van der Waals surface area contributed by atoms with Crippen LogP contribution in [0.5, 0.6) is 0 Å². The van der Waals surface area contributed by atoms with Crippen molar-refractivity contribution >= 4 is 11.8 Å². The van der Waals surface area contributed by atoms with Gasteiger partial charge in [-0.3, -0.25) is 19.6 Å². The van der Waals surface area contributed by atoms with Gasteiger partial charge in [0.15, 0.2) is 0 Å². The molecule has 4 rings (SSSR count). The number of likely N-dealkylation sites (tertiary alicyclic amines) is 1. The molecule has 2 saturated heterocycles. The van der Waals surface area contributed by atoms with Crippen LogP contribution in [0.1, 0.15) is 41.1 Å². The van der Waals surface area contributed by atoms with Crippen LogP contribution in [0.3, 0.4) is 0 Å². The van der Waals surface area contributed by atoms with E-state index in [4.69, 9.17) is 0 Å². The zero-order valence-electron chi connectivity index (χ0n) is 13.9. The lowest BCUT2D eigenvalue weighted by Gasteiger charge is -2.43. The van der Waals surface area contributed by atoms with Crippen LogP contribution >= 0.6 is 0 Å². The Morgan fingerprint density at radius 3 is 2.56 bits per heavy atom. The summed E-state index contributed by atoms with van der Waals surface area (Å²) in [6.07, 6.45) is 8.83. The second kappa shape index (κ2) is 6.27. The minimum absolute atomic E-state index is 0.00716. The summed E-state index contributed by atoms with van der Waals surface area (Å²) in [5.41, 5.74) is 1.49. The number of pyridine rings is 2. The highest BCUT2D eigenvalue weighted by molar-refractivity contribution is 5.94. The summed E-state index contributed by atoms with van der Waals surface area (Å²) < 4.78 is 0. The lowest BCUT2D eigenvalue weighted by molar-refractivity contribution is -0.120. The van der Waals surface area contributed by atoms with E-state index in [0.717, 1.165) is 18.4 Å². The molecule has 0 bridgehead atoms. The van der Waals surface area contributed by atoms with Gasteiger partial charge in [0.2, 0.25) is 5.91 Å². The van der Waals surface area contributed by atoms with Crippen LogP contribution in [0, 0.1) is 0 Å². The third-order valence-electron chi connectivity index (χ3n) is 5.40. The number of hydrogen-bond donors (Lipinski definition) is 1. The summed E-state index contributed by atoms with van der Waals surface area (Å²) in [6, 6.07) is 7.53. The molecule has 2 amide bonds. The molecule has 0 saturated carbocycles. The average Bonchev–Trinajstić information content (AvgIpc) is 2.99. The summed E-state index contributed by atoms with van der Waals surface area (Å²) in [6.45, 7) is 1.27. The largest absolute Gasteiger partial charge is 0.350 e. The Hall–Kier alpha value is -2.76. The van der Waals surface area contributed by atoms with Gasteiger partial charge >= 0.3 is 0 Å².